The highest BCUT2D eigenvalue weighted by atomic mass is 19.4. The van der Waals surface area contributed by atoms with Crippen LogP contribution in [0.4, 0.5) is 13.2 Å². The van der Waals surface area contributed by atoms with Crippen molar-refractivity contribution in [3.63, 3.8) is 0 Å². The van der Waals surface area contributed by atoms with Crippen LogP contribution in [-0.4, -0.2) is 113 Å². The Balaban J connectivity index is -0.000000453. The van der Waals surface area contributed by atoms with Gasteiger partial charge in [-0.1, -0.05) is 87.0 Å². The second-order valence-corrected chi connectivity index (χ2v) is 16.3. The second kappa shape index (κ2) is 39.7. The van der Waals surface area contributed by atoms with Crippen molar-refractivity contribution in [2.45, 2.75) is 92.3 Å². The lowest BCUT2D eigenvalue weighted by atomic mass is 10.0. The maximum atomic E-state index is 12.7. The molecule has 22 heteroatoms. The van der Waals surface area contributed by atoms with E-state index in [1.165, 1.54) is 33.4 Å². The van der Waals surface area contributed by atoms with Gasteiger partial charge in [-0.05, 0) is 94.5 Å². The summed E-state index contributed by atoms with van der Waals surface area (Å²) < 4.78 is 38.1. The van der Waals surface area contributed by atoms with Crippen LogP contribution in [0.5, 0.6) is 0 Å². The van der Waals surface area contributed by atoms with E-state index in [1.54, 1.807) is 79.2 Å². The maximum absolute atomic E-state index is 12.7. The van der Waals surface area contributed by atoms with Crippen LogP contribution >= 0.6 is 0 Å². The number of alkyl halides is 3. The molecule has 0 saturated heterocycles. The van der Waals surface area contributed by atoms with E-state index in [1.807, 2.05) is 87.5 Å². The fourth-order valence-corrected chi connectivity index (χ4v) is 7.06. The van der Waals surface area contributed by atoms with Crippen molar-refractivity contribution < 1.29 is 41.9 Å². The summed E-state index contributed by atoms with van der Waals surface area (Å²) in [4.78, 5) is 95.4. The van der Waals surface area contributed by atoms with Crippen LogP contribution in [0.1, 0.15) is 146 Å². The average Bonchev–Trinajstić information content (AvgIpc) is 3.66. The molecule has 0 fully saturated rings. The van der Waals surface area contributed by atoms with E-state index in [-0.39, 0.29) is 85.5 Å². The minimum Gasteiger partial charge on any atom is -0.355 e. The van der Waals surface area contributed by atoms with Crippen LogP contribution in [0.2, 0.25) is 0 Å². The predicted molar refractivity (Wildman–Crippen MR) is 332 cm³/mol. The van der Waals surface area contributed by atoms with Crippen molar-refractivity contribution in [2.75, 3.05) is 42.3 Å². The van der Waals surface area contributed by atoms with Gasteiger partial charge in [-0.2, -0.15) is 13.2 Å². The van der Waals surface area contributed by atoms with Gasteiger partial charge in [0.15, 0.2) is 0 Å². The van der Waals surface area contributed by atoms with E-state index in [0.29, 0.717) is 33.6 Å². The third kappa shape index (κ3) is 23.1. The van der Waals surface area contributed by atoms with E-state index in [0.717, 1.165) is 44.6 Å². The standard InChI is InChI=1S/2C11H10N2O.C10H11F3N2O.C9H12N2O.C8H10N2O.C7H9N3O.6CH4/c1-12-11(14)9-6-7-13-10-5-3-2-4-8(9)10;1-12-11(14)10-9-5-3-2-4-8(9)6-7-13-10;1-5-4-7(10(11,12)13)8(6(2)15-5)9(16)14-3;1-6-4-5-11-7(2)8(6)9(12)10-3;1-6-3-4-10-5-7(6)8(11)9-2;1-5-6(7(11)8-2)3-9-4-10-5;;;;;;/h2*2-7H,1H3,(H,12,14);4H,1-3H3,(H,14,16);4-5H,1-3H3,(H,10,12);3-5H,1-2H3,(H,9,11);3-4H,1-2H3,(H,8,11);6*1H4. The molecule has 456 valence electrons. The van der Waals surface area contributed by atoms with Gasteiger partial charge in [-0.25, -0.2) is 9.97 Å². The first-order valence-corrected chi connectivity index (χ1v) is 23.7. The number of carbonyl (C=O) groups is 6. The van der Waals surface area contributed by atoms with Crippen LogP contribution in [0.25, 0.3) is 21.7 Å². The molecule has 19 nitrogen and oxygen atoms in total. The van der Waals surface area contributed by atoms with Crippen LogP contribution in [0.15, 0.2) is 122 Å². The summed E-state index contributed by atoms with van der Waals surface area (Å²) in [5.41, 5.74) is 6.14. The predicted octanol–water partition coefficient (Wildman–Crippen LogP) is 11.0. The fraction of sp³-hybridized carbons (Fsp3) is 0.306. The van der Waals surface area contributed by atoms with E-state index in [9.17, 15) is 41.9 Å². The summed E-state index contributed by atoms with van der Waals surface area (Å²) in [6.07, 6.45) is 6.59. The lowest BCUT2D eigenvalue weighted by Gasteiger charge is -2.14. The van der Waals surface area contributed by atoms with Gasteiger partial charge in [-0.3, -0.25) is 53.7 Å². The lowest BCUT2D eigenvalue weighted by Crippen LogP contribution is -2.24. The highest BCUT2D eigenvalue weighted by Gasteiger charge is 2.36. The van der Waals surface area contributed by atoms with E-state index in [4.69, 9.17) is 0 Å². The molecule has 0 bridgehead atoms. The van der Waals surface area contributed by atoms with E-state index >= 15 is 0 Å². The lowest BCUT2D eigenvalue weighted by molar-refractivity contribution is -0.138. The molecule has 0 aliphatic rings. The zero-order valence-electron chi connectivity index (χ0n) is 45.3. The Bertz CT molecular complexity index is 3200. The number of carbonyl (C=O) groups excluding carboxylic acids is 6. The summed E-state index contributed by atoms with van der Waals surface area (Å²) in [7, 11) is 9.31. The van der Waals surface area contributed by atoms with Gasteiger partial charge in [0.25, 0.3) is 35.4 Å². The zero-order chi connectivity index (χ0) is 58.1. The average molecular weight is 1170 g/mol. The molecule has 0 aliphatic heterocycles. The zero-order valence-corrected chi connectivity index (χ0v) is 45.3. The minimum atomic E-state index is -4.56. The van der Waals surface area contributed by atoms with Gasteiger partial charge in [0.2, 0.25) is 0 Å². The number of amides is 6. The summed E-state index contributed by atoms with van der Waals surface area (Å²) in [6, 6.07) is 23.4. The number of aromatic nitrogens is 7. The monoisotopic (exact) mass is 1170 g/mol. The van der Waals surface area contributed by atoms with Crippen LogP contribution in [-0.2, 0) is 6.18 Å². The molecule has 2 aromatic carbocycles. The third-order valence-electron chi connectivity index (χ3n) is 11.0. The first-order valence-electron chi connectivity index (χ1n) is 23.7. The molecular formula is C62H86F3N13O6. The Hall–Kier alpha value is -9.60. The van der Waals surface area contributed by atoms with E-state index < -0.39 is 23.2 Å². The number of hydrogen-bond acceptors (Lipinski definition) is 13. The number of nitrogens with one attached hydrogen (secondary N) is 6. The molecule has 0 atom stereocenters. The molecule has 6 aromatic heterocycles. The molecule has 0 unspecified atom stereocenters. The molecule has 0 aliphatic carbocycles. The number of aryl methyl sites for hydroxylation is 6. The van der Waals surface area contributed by atoms with Crippen molar-refractivity contribution >= 4 is 57.1 Å². The van der Waals surface area contributed by atoms with Crippen molar-refractivity contribution in [3.8, 4) is 0 Å². The number of pyridine rings is 5. The van der Waals surface area contributed by atoms with Gasteiger partial charge < -0.3 is 31.9 Å². The third-order valence-corrected chi connectivity index (χ3v) is 11.0. The second-order valence-electron chi connectivity index (χ2n) is 16.3. The number of fused-ring (bicyclic) bond motifs is 2. The number of halogens is 3. The largest absolute Gasteiger partial charge is 0.417 e. The molecule has 0 radical (unpaired) electrons. The maximum Gasteiger partial charge on any atom is 0.417 e. The Labute approximate surface area is 494 Å². The number of nitrogens with zero attached hydrogens (tertiary/aromatic N) is 7. The normalized spacial score (nSPS) is 9.32. The van der Waals surface area contributed by atoms with Crippen molar-refractivity contribution in [2.24, 2.45) is 0 Å². The van der Waals surface area contributed by atoms with Crippen LogP contribution in [0, 0.1) is 41.5 Å². The molecule has 8 rings (SSSR count). The number of para-hydroxylation sites is 1. The molecule has 8 aromatic rings. The van der Waals surface area contributed by atoms with Crippen molar-refractivity contribution in [1.82, 2.24) is 66.8 Å². The van der Waals surface area contributed by atoms with Gasteiger partial charge in [0.05, 0.1) is 56.0 Å². The SMILES string of the molecule is C.C.C.C.C.C.CNC(=O)c1c(C(F)(F)F)cc(C)nc1C.CNC(=O)c1c(C)ccnc1C.CNC(=O)c1ccnc2ccccc12.CNC(=O)c1cnccc1C.CNC(=O)c1cncnc1C.CNC(=O)c1nccc2ccccc12. The van der Waals surface area contributed by atoms with Crippen molar-refractivity contribution in [3.05, 3.63) is 195 Å². The summed E-state index contributed by atoms with van der Waals surface area (Å²) in [5.74, 6) is -1.32. The smallest absolute Gasteiger partial charge is 0.355 e. The Morgan fingerprint density at radius 1 is 0.429 bits per heavy atom. The Morgan fingerprint density at radius 2 is 0.917 bits per heavy atom. The van der Waals surface area contributed by atoms with E-state index in [2.05, 4.69) is 66.8 Å². The quantitative estimate of drug-likeness (QED) is 0.0906. The van der Waals surface area contributed by atoms with Gasteiger partial charge in [0.1, 0.15) is 12.0 Å². The van der Waals surface area contributed by atoms with Gasteiger partial charge in [-0.15, -0.1) is 0 Å². The summed E-state index contributed by atoms with van der Waals surface area (Å²) in [5, 5.41) is 17.8. The first kappa shape index (κ1) is 80.9. The number of hydrogen-bond donors (Lipinski definition) is 6. The Morgan fingerprint density at radius 3 is 1.46 bits per heavy atom. The number of benzene rings is 2. The molecular weight excluding hydrogens is 1080 g/mol. The summed E-state index contributed by atoms with van der Waals surface area (Å²) >= 11 is 0. The highest BCUT2D eigenvalue weighted by Crippen LogP contribution is 2.33. The minimum absolute atomic E-state index is 0. The fourth-order valence-electron chi connectivity index (χ4n) is 7.06. The molecule has 6 amide bonds. The highest BCUT2D eigenvalue weighted by molar-refractivity contribution is 6.06. The molecule has 0 saturated carbocycles. The van der Waals surface area contributed by atoms with Crippen LogP contribution in [0.3, 0.4) is 0 Å². The molecule has 6 N–H and O–H groups in total. The molecule has 0 spiro atoms. The van der Waals surface area contributed by atoms with Crippen LogP contribution < -0.4 is 31.9 Å². The van der Waals surface area contributed by atoms with Crippen molar-refractivity contribution in [1.29, 1.82) is 0 Å². The topological polar surface area (TPSA) is 265 Å². The number of rotatable bonds is 6. The van der Waals surface area contributed by atoms with Gasteiger partial charge in [0, 0.05) is 95.9 Å². The molecule has 84 heavy (non-hydrogen) atoms. The molecule has 6 heterocycles. The van der Waals surface area contributed by atoms with Gasteiger partial charge >= 0.3 is 6.18 Å². The first-order chi connectivity index (χ1) is 37.1. The summed E-state index contributed by atoms with van der Waals surface area (Å²) in [6.45, 7) is 10.2. The Kier molecular flexibility index (Phi) is 38.3.